The highest BCUT2D eigenvalue weighted by Crippen LogP contribution is 2.28. The van der Waals surface area contributed by atoms with Gasteiger partial charge < -0.3 is 9.26 Å². The zero-order valence-corrected chi connectivity index (χ0v) is 14.0. The standard InChI is InChI=1S/C19H17N5O2/c1-2-6-15(7-3-1)12-25-17-9-5-4-8-16(17)19-22-18(26-23-19)10-11-24-14-20-13-21-24/h1-9,13-14H,10-12H2. The number of rotatable bonds is 7. The molecule has 0 saturated carbocycles. The summed E-state index contributed by atoms with van der Waals surface area (Å²) in [5, 5.41) is 8.15. The molecule has 2 aromatic heterocycles. The highest BCUT2D eigenvalue weighted by atomic mass is 16.5. The van der Waals surface area contributed by atoms with Crippen molar-refractivity contribution in [1.29, 1.82) is 0 Å². The zero-order chi connectivity index (χ0) is 17.6. The van der Waals surface area contributed by atoms with E-state index in [1.807, 2.05) is 54.6 Å². The molecule has 0 atom stereocenters. The maximum absolute atomic E-state index is 5.96. The minimum atomic E-state index is 0.481. The number of ether oxygens (including phenoxy) is 1. The Labute approximate surface area is 150 Å². The van der Waals surface area contributed by atoms with E-state index in [-0.39, 0.29) is 0 Å². The van der Waals surface area contributed by atoms with E-state index in [1.54, 1.807) is 11.0 Å². The fraction of sp³-hybridized carbons (Fsp3) is 0.158. The Morgan fingerprint density at radius 3 is 2.69 bits per heavy atom. The molecule has 130 valence electrons. The van der Waals surface area contributed by atoms with Gasteiger partial charge in [-0.2, -0.15) is 10.1 Å². The maximum Gasteiger partial charge on any atom is 0.228 e. The van der Waals surface area contributed by atoms with Crippen LogP contribution in [-0.2, 0) is 19.6 Å². The molecule has 7 heteroatoms. The first-order chi connectivity index (χ1) is 12.9. The van der Waals surface area contributed by atoms with Crippen molar-refractivity contribution in [2.75, 3.05) is 0 Å². The van der Waals surface area contributed by atoms with E-state index in [1.165, 1.54) is 6.33 Å². The average molecular weight is 347 g/mol. The van der Waals surface area contributed by atoms with Crippen LogP contribution >= 0.6 is 0 Å². The van der Waals surface area contributed by atoms with Crippen molar-refractivity contribution in [2.45, 2.75) is 19.6 Å². The summed E-state index contributed by atoms with van der Waals surface area (Å²) in [5.41, 5.74) is 1.91. The van der Waals surface area contributed by atoms with Gasteiger partial charge in [-0.15, -0.1) is 0 Å². The third kappa shape index (κ3) is 3.77. The molecule has 7 nitrogen and oxygen atoms in total. The quantitative estimate of drug-likeness (QED) is 0.511. The molecule has 4 rings (SSSR count). The molecule has 0 saturated heterocycles. The smallest absolute Gasteiger partial charge is 0.228 e. The molecule has 2 heterocycles. The SMILES string of the molecule is c1ccc(COc2ccccc2-c2noc(CCn3cncn3)n2)cc1. The van der Waals surface area contributed by atoms with Crippen molar-refractivity contribution in [3.8, 4) is 17.1 Å². The van der Waals surface area contributed by atoms with Crippen LogP contribution in [0.4, 0.5) is 0 Å². The number of hydrogen-bond acceptors (Lipinski definition) is 6. The first-order valence-corrected chi connectivity index (χ1v) is 8.29. The molecule has 0 radical (unpaired) electrons. The van der Waals surface area contributed by atoms with Crippen molar-refractivity contribution in [2.24, 2.45) is 0 Å². The summed E-state index contributed by atoms with van der Waals surface area (Å²) in [5.74, 6) is 1.79. The monoisotopic (exact) mass is 347 g/mol. The molecule has 0 aliphatic rings. The van der Waals surface area contributed by atoms with Gasteiger partial charge in [-0.25, -0.2) is 4.98 Å². The summed E-state index contributed by atoms with van der Waals surface area (Å²) in [6, 6.07) is 17.7. The van der Waals surface area contributed by atoms with Crippen LogP contribution in [0.25, 0.3) is 11.4 Å². The van der Waals surface area contributed by atoms with Gasteiger partial charge in [0.2, 0.25) is 11.7 Å². The lowest BCUT2D eigenvalue weighted by Gasteiger charge is -2.09. The molecule has 2 aromatic carbocycles. The Morgan fingerprint density at radius 1 is 1.00 bits per heavy atom. The van der Waals surface area contributed by atoms with Crippen molar-refractivity contribution in [3.05, 3.63) is 78.7 Å². The zero-order valence-electron chi connectivity index (χ0n) is 14.0. The van der Waals surface area contributed by atoms with Gasteiger partial charge in [0.25, 0.3) is 0 Å². The van der Waals surface area contributed by atoms with Gasteiger partial charge >= 0.3 is 0 Å². The lowest BCUT2D eigenvalue weighted by Crippen LogP contribution is -2.01. The van der Waals surface area contributed by atoms with Gasteiger partial charge in [-0.1, -0.05) is 47.6 Å². The molecule has 0 N–H and O–H groups in total. The van der Waals surface area contributed by atoms with E-state index in [0.717, 1.165) is 16.9 Å². The average Bonchev–Trinajstić information content (AvgIpc) is 3.38. The third-order valence-electron chi connectivity index (χ3n) is 3.85. The van der Waals surface area contributed by atoms with E-state index in [2.05, 4.69) is 20.2 Å². The summed E-state index contributed by atoms with van der Waals surface area (Å²) in [7, 11) is 0. The topological polar surface area (TPSA) is 78.9 Å². The molecule has 0 spiro atoms. The molecular weight excluding hydrogens is 330 g/mol. The third-order valence-corrected chi connectivity index (χ3v) is 3.85. The number of nitrogens with zero attached hydrogens (tertiary/aromatic N) is 5. The predicted octanol–water partition coefficient (Wildman–Crippen LogP) is 3.15. The summed E-state index contributed by atoms with van der Waals surface area (Å²) >= 11 is 0. The Bertz CT molecular complexity index is 951. The highest BCUT2D eigenvalue weighted by Gasteiger charge is 2.13. The molecule has 0 unspecified atom stereocenters. The van der Waals surface area contributed by atoms with Crippen molar-refractivity contribution >= 4 is 0 Å². The highest BCUT2D eigenvalue weighted by molar-refractivity contribution is 5.63. The largest absolute Gasteiger partial charge is 0.488 e. The number of benzene rings is 2. The van der Waals surface area contributed by atoms with Crippen molar-refractivity contribution < 1.29 is 9.26 Å². The van der Waals surface area contributed by atoms with Gasteiger partial charge in [-0.3, -0.25) is 4.68 Å². The second-order valence-corrected chi connectivity index (χ2v) is 5.69. The van der Waals surface area contributed by atoms with Gasteiger partial charge in [0, 0.05) is 6.42 Å². The fourth-order valence-electron chi connectivity index (χ4n) is 2.54. The first-order valence-electron chi connectivity index (χ1n) is 8.29. The van der Waals surface area contributed by atoms with Crippen LogP contribution in [0.3, 0.4) is 0 Å². The number of aromatic nitrogens is 5. The van der Waals surface area contributed by atoms with Crippen molar-refractivity contribution in [3.63, 3.8) is 0 Å². The number of aryl methyl sites for hydroxylation is 2. The lowest BCUT2D eigenvalue weighted by molar-refractivity contribution is 0.307. The van der Waals surface area contributed by atoms with Gasteiger partial charge in [0.15, 0.2) is 0 Å². The summed E-state index contributed by atoms with van der Waals surface area (Å²) in [6.45, 7) is 1.11. The molecule has 0 aliphatic heterocycles. The minimum absolute atomic E-state index is 0.481. The molecule has 26 heavy (non-hydrogen) atoms. The van der Waals surface area contributed by atoms with E-state index >= 15 is 0 Å². The summed E-state index contributed by atoms with van der Waals surface area (Å²) in [4.78, 5) is 8.39. The van der Waals surface area contributed by atoms with Crippen LogP contribution in [-0.4, -0.2) is 24.9 Å². The van der Waals surface area contributed by atoms with E-state index in [9.17, 15) is 0 Å². The Kier molecular flexibility index (Phi) is 4.68. The van der Waals surface area contributed by atoms with Crippen LogP contribution in [0, 0.1) is 0 Å². The second-order valence-electron chi connectivity index (χ2n) is 5.69. The van der Waals surface area contributed by atoms with E-state index in [4.69, 9.17) is 9.26 Å². The van der Waals surface area contributed by atoms with Crippen LogP contribution in [0.5, 0.6) is 5.75 Å². The number of hydrogen-bond donors (Lipinski definition) is 0. The molecule has 0 fully saturated rings. The summed E-state index contributed by atoms with van der Waals surface area (Å²) in [6.07, 6.45) is 3.74. The Hall–Kier alpha value is -3.48. The molecular formula is C19H17N5O2. The minimum Gasteiger partial charge on any atom is -0.488 e. The maximum atomic E-state index is 5.96. The van der Waals surface area contributed by atoms with Gasteiger partial charge in [0.05, 0.1) is 12.1 Å². The Morgan fingerprint density at radius 2 is 1.85 bits per heavy atom. The van der Waals surface area contributed by atoms with Gasteiger partial charge in [-0.05, 0) is 17.7 Å². The molecule has 0 aliphatic carbocycles. The van der Waals surface area contributed by atoms with Crippen LogP contribution in [0.1, 0.15) is 11.5 Å². The fourth-order valence-corrected chi connectivity index (χ4v) is 2.54. The van der Waals surface area contributed by atoms with Crippen LogP contribution in [0.15, 0.2) is 71.8 Å². The van der Waals surface area contributed by atoms with Gasteiger partial charge in [0.1, 0.15) is 25.0 Å². The van der Waals surface area contributed by atoms with Crippen LogP contribution in [0.2, 0.25) is 0 Å². The molecule has 0 amide bonds. The predicted molar refractivity (Wildman–Crippen MR) is 94.2 cm³/mol. The molecule has 4 aromatic rings. The van der Waals surface area contributed by atoms with E-state index < -0.39 is 0 Å². The lowest BCUT2D eigenvalue weighted by atomic mass is 10.2. The number of para-hydroxylation sites is 1. The van der Waals surface area contributed by atoms with Crippen LogP contribution < -0.4 is 4.74 Å². The van der Waals surface area contributed by atoms with Crippen molar-refractivity contribution in [1.82, 2.24) is 24.9 Å². The summed E-state index contributed by atoms with van der Waals surface area (Å²) < 4.78 is 13.0. The second kappa shape index (κ2) is 7.60. The molecule has 0 bridgehead atoms. The normalized spacial score (nSPS) is 10.8. The van der Waals surface area contributed by atoms with E-state index in [0.29, 0.717) is 31.3 Å². The first kappa shape index (κ1) is 16.0. The Balaban J connectivity index is 1.47.